The molecule has 2 aliphatic rings. The third-order valence-electron chi connectivity index (χ3n) is 5.52. The maximum absolute atomic E-state index is 4.44. The number of benzene rings is 1. The molecule has 1 aromatic heterocycles. The highest BCUT2D eigenvalue weighted by molar-refractivity contribution is 5.42. The van der Waals surface area contributed by atoms with E-state index in [1.165, 1.54) is 68.7 Å². The standard InChI is InChI=1S/C20H28N4/c1-17-7-8-20(24-13-5-9-21-24)18(14-17)15-22-10-4-6-19(16-22)23-11-2-3-12-23/h5,7-9,13-14,19H,2-4,6,10-12,15-16H2,1H3. The van der Waals surface area contributed by atoms with Gasteiger partial charge in [0.25, 0.3) is 0 Å². The molecule has 0 N–H and O–H groups in total. The first-order valence-corrected chi connectivity index (χ1v) is 9.35. The second-order valence-corrected chi connectivity index (χ2v) is 7.36. The highest BCUT2D eigenvalue weighted by Gasteiger charge is 2.27. The molecule has 0 saturated carbocycles. The number of likely N-dealkylation sites (tertiary alicyclic amines) is 2. The average Bonchev–Trinajstić information content (AvgIpc) is 3.29. The SMILES string of the molecule is Cc1ccc(-n2cccn2)c(CN2CCCC(N3CCCC3)C2)c1. The van der Waals surface area contributed by atoms with Crippen molar-refractivity contribution < 1.29 is 0 Å². The topological polar surface area (TPSA) is 24.3 Å². The van der Waals surface area contributed by atoms with Gasteiger partial charge in [-0.3, -0.25) is 9.80 Å². The Morgan fingerprint density at radius 3 is 2.79 bits per heavy atom. The smallest absolute Gasteiger partial charge is 0.0690 e. The van der Waals surface area contributed by atoms with Gasteiger partial charge in [-0.2, -0.15) is 5.10 Å². The number of rotatable bonds is 4. The maximum Gasteiger partial charge on any atom is 0.0690 e. The second-order valence-electron chi connectivity index (χ2n) is 7.36. The van der Waals surface area contributed by atoms with E-state index in [9.17, 15) is 0 Å². The van der Waals surface area contributed by atoms with Crippen molar-refractivity contribution in [1.82, 2.24) is 19.6 Å². The highest BCUT2D eigenvalue weighted by atomic mass is 15.3. The Balaban J connectivity index is 1.51. The fraction of sp³-hybridized carbons (Fsp3) is 0.550. The number of aryl methyl sites for hydroxylation is 1. The summed E-state index contributed by atoms with van der Waals surface area (Å²) in [5, 5.41) is 4.44. The molecule has 128 valence electrons. The van der Waals surface area contributed by atoms with Crippen molar-refractivity contribution in [3.63, 3.8) is 0 Å². The van der Waals surface area contributed by atoms with E-state index in [0.717, 1.165) is 12.6 Å². The summed E-state index contributed by atoms with van der Waals surface area (Å²) in [6.07, 6.45) is 9.36. The van der Waals surface area contributed by atoms with Crippen LogP contribution in [0.25, 0.3) is 5.69 Å². The van der Waals surface area contributed by atoms with Gasteiger partial charge in [0.15, 0.2) is 0 Å². The molecule has 0 spiro atoms. The van der Waals surface area contributed by atoms with E-state index >= 15 is 0 Å². The van der Waals surface area contributed by atoms with E-state index in [4.69, 9.17) is 0 Å². The molecule has 0 aliphatic carbocycles. The predicted octanol–water partition coefficient (Wildman–Crippen LogP) is 3.24. The van der Waals surface area contributed by atoms with Crippen LogP contribution in [-0.2, 0) is 6.54 Å². The van der Waals surface area contributed by atoms with Crippen molar-refractivity contribution in [2.24, 2.45) is 0 Å². The van der Waals surface area contributed by atoms with Crippen molar-refractivity contribution in [3.05, 3.63) is 47.8 Å². The summed E-state index contributed by atoms with van der Waals surface area (Å²) in [5.41, 5.74) is 3.93. The van der Waals surface area contributed by atoms with E-state index in [1.54, 1.807) is 0 Å². The molecule has 2 fully saturated rings. The summed E-state index contributed by atoms with van der Waals surface area (Å²) in [6.45, 7) is 8.26. The first-order valence-electron chi connectivity index (χ1n) is 9.35. The van der Waals surface area contributed by atoms with Gasteiger partial charge in [0.1, 0.15) is 0 Å². The molecule has 24 heavy (non-hydrogen) atoms. The molecule has 0 bridgehead atoms. The van der Waals surface area contributed by atoms with Gasteiger partial charge in [0.05, 0.1) is 5.69 Å². The predicted molar refractivity (Wildman–Crippen MR) is 97.4 cm³/mol. The molecule has 2 aromatic rings. The summed E-state index contributed by atoms with van der Waals surface area (Å²) in [6, 6.07) is 9.48. The van der Waals surface area contributed by atoms with Crippen LogP contribution in [0.15, 0.2) is 36.7 Å². The highest BCUT2D eigenvalue weighted by Crippen LogP contribution is 2.24. The van der Waals surface area contributed by atoms with Crippen molar-refractivity contribution in [1.29, 1.82) is 0 Å². The lowest BCUT2D eigenvalue weighted by Crippen LogP contribution is -2.46. The molecule has 0 amide bonds. The van der Waals surface area contributed by atoms with Gasteiger partial charge in [0.2, 0.25) is 0 Å². The maximum atomic E-state index is 4.44. The summed E-state index contributed by atoms with van der Waals surface area (Å²) < 4.78 is 2.00. The number of piperidine rings is 1. The molecule has 1 aromatic carbocycles. The number of hydrogen-bond acceptors (Lipinski definition) is 3. The first kappa shape index (κ1) is 15.9. The molecule has 2 saturated heterocycles. The van der Waals surface area contributed by atoms with Gasteiger partial charge in [-0.15, -0.1) is 0 Å². The van der Waals surface area contributed by atoms with Crippen molar-refractivity contribution in [2.75, 3.05) is 26.2 Å². The molecule has 0 radical (unpaired) electrons. The van der Waals surface area contributed by atoms with E-state index in [0.29, 0.717) is 0 Å². The summed E-state index contributed by atoms with van der Waals surface area (Å²) >= 11 is 0. The fourth-order valence-electron chi connectivity index (χ4n) is 4.30. The molecule has 2 aliphatic heterocycles. The number of aromatic nitrogens is 2. The minimum Gasteiger partial charge on any atom is -0.299 e. The summed E-state index contributed by atoms with van der Waals surface area (Å²) in [4.78, 5) is 5.37. The van der Waals surface area contributed by atoms with Crippen LogP contribution in [0.3, 0.4) is 0 Å². The Hall–Kier alpha value is -1.65. The lowest BCUT2D eigenvalue weighted by molar-refractivity contribution is 0.110. The zero-order valence-electron chi connectivity index (χ0n) is 14.7. The van der Waals surface area contributed by atoms with E-state index in [2.05, 4.69) is 40.0 Å². The average molecular weight is 324 g/mol. The van der Waals surface area contributed by atoms with Gasteiger partial charge in [-0.05, 0) is 69.9 Å². The van der Waals surface area contributed by atoms with Crippen LogP contribution >= 0.6 is 0 Å². The van der Waals surface area contributed by atoms with Gasteiger partial charge in [0, 0.05) is 31.5 Å². The molecule has 1 atom stereocenters. The minimum absolute atomic E-state index is 0.763. The molecular weight excluding hydrogens is 296 g/mol. The molecule has 4 heteroatoms. The van der Waals surface area contributed by atoms with Crippen molar-refractivity contribution >= 4 is 0 Å². The van der Waals surface area contributed by atoms with Gasteiger partial charge >= 0.3 is 0 Å². The molecule has 1 unspecified atom stereocenters. The normalized spacial score (nSPS) is 23.0. The lowest BCUT2D eigenvalue weighted by atomic mass is 10.0. The van der Waals surface area contributed by atoms with E-state index in [-0.39, 0.29) is 0 Å². The zero-order valence-corrected chi connectivity index (χ0v) is 14.7. The Morgan fingerprint density at radius 2 is 2.00 bits per heavy atom. The number of nitrogens with zero attached hydrogens (tertiary/aromatic N) is 4. The van der Waals surface area contributed by atoms with Crippen molar-refractivity contribution in [2.45, 2.75) is 45.2 Å². The lowest BCUT2D eigenvalue weighted by Gasteiger charge is -2.37. The summed E-state index contributed by atoms with van der Waals surface area (Å²) in [7, 11) is 0. The summed E-state index contributed by atoms with van der Waals surface area (Å²) in [5.74, 6) is 0. The quantitative estimate of drug-likeness (QED) is 0.863. The fourth-order valence-corrected chi connectivity index (χ4v) is 4.30. The Bertz CT molecular complexity index is 658. The Kier molecular flexibility index (Phi) is 4.67. The monoisotopic (exact) mass is 324 g/mol. The van der Waals surface area contributed by atoms with Crippen LogP contribution < -0.4 is 0 Å². The van der Waals surface area contributed by atoms with Crippen LogP contribution in [0.1, 0.15) is 36.8 Å². The minimum atomic E-state index is 0.763. The van der Waals surface area contributed by atoms with Crippen LogP contribution in [-0.4, -0.2) is 51.8 Å². The Morgan fingerprint density at radius 1 is 1.12 bits per heavy atom. The third-order valence-corrected chi connectivity index (χ3v) is 5.52. The van der Waals surface area contributed by atoms with Gasteiger partial charge < -0.3 is 0 Å². The molecular formula is C20H28N4. The van der Waals surface area contributed by atoms with Gasteiger partial charge in [-0.1, -0.05) is 17.7 Å². The second kappa shape index (κ2) is 7.08. The Labute approximate surface area is 145 Å². The van der Waals surface area contributed by atoms with Crippen molar-refractivity contribution in [3.8, 4) is 5.69 Å². The zero-order chi connectivity index (χ0) is 16.4. The van der Waals surface area contributed by atoms with Crippen LogP contribution in [0.2, 0.25) is 0 Å². The third kappa shape index (κ3) is 3.40. The first-order chi connectivity index (χ1) is 11.8. The molecule has 4 rings (SSSR count). The van der Waals surface area contributed by atoms with E-state index < -0.39 is 0 Å². The van der Waals surface area contributed by atoms with Gasteiger partial charge in [-0.25, -0.2) is 4.68 Å². The van der Waals surface area contributed by atoms with Crippen LogP contribution in [0.5, 0.6) is 0 Å². The molecule has 3 heterocycles. The largest absolute Gasteiger partial charge is 0.299 e. The van der Waals surface area contributed by atoms with Crippen LogP contribution in [0.4, 0.5) is 0 Å². The van der Waals surface area contributed by atoms with Crippen LogP contribution in [0, 0.1) is 6.92 Å². The number of hydrogen-bond donors (Lipinski definition) is 0. The van der Waals surface area contributed by atoms with E-state index in [1.807, 2.05) is 23.1 Å². The molecule has 4 nitrogen and oxygen atoms in total.